The quantitative estimate of drug-likeness (QED) is 0.810. The molecule has 1 heterocycles. The van der Waals surface area contributed by atoms with Gasteiger partial charge in [0.25, 0.3) is 0 Å². The molecule has 1 atom stereocenters. The molecule has 15 heavy (non-hydrogen) atoms. The Hall–Kier alpha value is -0.570. The van der Waals surface area contributed by atoms with Gasteiger partial charge in [-0.05, 0) is 37.6 Å². The molecule has 2 nitrogen and oxygen atoms in total. The molecular formula is C11H11Cl2NO. The highest BCUT2D eigenvalue weighted by atomic mass is 35.5. The molecule has 0 saturated carbocycles. The van der Waals surface area contributed by atoms with Crippen LogP contribution in [0.15, 0.2) is 18.2 Å². The molecule has 0 bridgehead atoms. The second kappa shape index (κ2) is 4.52. The van der Waals surface area contributed by atoms with E-state index in [0.717, 1.165) is 19.4 Å². The number of hydrogen-bond donors (Lipinski definition) is 1. The van der Waals surface area contributed by atoms with Crippen molar-refractivity contribution in [1.82, 2.24) is 5.32 Å². The van der Waals surface area contributed by atoms with Crippen LogP contribution >= 0.6 is 23.2 Å². The van der Waals surface area contributed by atoms with Crippen LogP contribution < -0.4 is 5.32 Å². The van der Waals surface area contributed by atoms with Crippen LogP contribution in [0.2, 0.25) is 10.0 Å². The third-order valence-corrected chi connectivity index (χ3v) is 3.32. The van der Waals surface area contributed by atoms with Gasteiger partial charge < -0.3 is 5.32 Å². The SMILES string of the molecule is O=C(c1ccc(Cl)c(Cl)c1)C1CCCN1. The fraction of sp³-hybridized carbons (Fsp3) is 0.364. The topological polar surface area (TPSA) is 29.1 Å². The largest absolute Gasteiger partial charge is 0.307 e. The van der Waals surface area contributed by atoms with Crippen molar-refractivity contribution in [1.29, 1.82) is 0 Å². The molecule has 1 saturated heterocycles. The van der Waals surface area contributed by atoms with Crippen LogP contribution in [0, 0.1) is 0 Å². The van der Waals surface area contributed by atoms with E-state index in [1.807, 2.05) is 0 Å². The third kappa shape index (κ3) is 2.33. The number of nitrogens with one attached hydrogen (secondary N) is 1. The summed E-state index contributed by atoms with van der Waals surface area (Å²) < 4.78 is 0. The summed E-state index contributed by atoms with van der Waals surface area (Å²) in [4.78, 5) is 11.9. The number of hydrogen-bond acceptors (Lipinski definition) is 2. The number of rotatable bonds is 2. The Morgan fingerprint density at radius 2 is 2.13 bits per heavy atom. The maximum Gasteiger partial charge on any atom is 0.179 e. The molecule has 1 aromatic rings. The molecule has 1 N–H and O–H groups in total. The summed E-state index contributed by atoms with van der Waals surface area (Å²) in [5, 5.41) is 4.07. The van der Waals surface area contributed by atoms with Gasteiger partial charge in [0.1, 0.15) is 0 Å². The summed E-state index contributed by atoms with van der Waals surface area (Å²) in [7, 11) is 0. The van der Waals surface area contributed by atoms with E-state index >= 15 is 0 Å². The van der Waals surface area contributed by atoms with E-state index in [4.69, 9.17) is 23.2 Å². The van der Waals surface area contributed by atoms with Gasteiger partial charge in [-0.2, -0.15) is 0 Å². The monoisotopic (exact) mass is 243 g/mol. The minimum Gasteiger partial charge on any atom is -0.307 e. The van der Waals surface area contributed by atoms with Crippen LogP contribution in [-0.2, 0) is 0 Å². The Labute approximate surface area is 98.6 Å². The first-order valence-corrected chi connectivity index (χ1v) is 5.67. The van der Waals surface area contributed by atoms with Crippen molar-refractivity contribution in [2.45, 2.75) is 18.9 Å². The van der Waals surface area contributed by atoms with E-state index in [1.165, 1.54) is 0 Å². The molecule has 0 spiro atoms. The highest BCUT2D eigenvalue weighted by Crippen LogP contribution is 2.24. The van der Waals surface area contributed by atoms with Crippen LogP contribution in [0.1, 0.15) is 23.2 Å². The highest BCUT2D eigenvalue weighted by Gasteiger charge is 2.23. The van der Waals surface area contributed by atoms with Crippen molar-refractivity contribution in [3.05, 3.63) is 33.8 Å². The molecule has 1 aliphatic heterocycles. The molecular weight excluding hydrogens is 233 g/mol. The van der Waals surface area contributed by atoms with Crippen molar-refractivity contribution in [2.24, 2.45) is 0 Å². The summed E-state index contributed by atoms with van der Waals surface area (Å²) in [6, 6.07) is 4.96. The van der Waals surface area contributed by atoms with Crippen molar-refractivity contribution in [3.63, 3.8) is 0 Å². The van der Waals surface area contributed by atoms with Gasteiger partial charge in [0, 0.05) is 5.56 Å². The lowest BCUT2D eigenvalue weighted by molar-refractivity contribution is 0.0952. The number of halogens is 2. The fourth-order valence-electron chi connectivity index (χ4n) is 1.76. The Morgan fingerprint density at radius 1 is 1.33 bits per heavy atom. The van der Waals surface area contributed by atoms with Crippen LogP contribution in [0.5, 0.6) is 0 Å². The van der Waals surface area contributed by atoms with Crippen molar-refractivity contribution >= 4 is 29.0 Å². The maximum absolute atomic E-state index is 11.9. The first kappa shape index (κ1) is 10.9. The van der Waals surface area contributed by atoms with E-state index in [0.29, 0.717) is 15.6 Å². The summed E-state index contributed by atoms with van der Waals surface area (Å²) in [6.07, 6.45) is 1.96. The molecule has 1 unspecified atom stereocenters. The van der Waals surface area contributed by atoms with Gasteiger partial charge in [0.15, 0.2) is 5.78 Å². The van der Waals surface area contributed by atoms with E-state index in [1.54, 1.807) is 18.2 Å². The Kier molecular flexibility index (Phi) is 3.29. The molecule has 0 amide bonds. The number of benzene rings is 1. The van der Waals surface area contributed by atoms with Crippen molar-refractivity contribution < 1.29 is 4.79 Å². The average Bonchev–Trinajstić information content (AvgIpc) is 2.74. The third-order valence-electron chi connectivity index (χ3n) is 2.58. The van der Waals surface area contributed by atoms with Crippen LogP contribution in [-0.4, -0.2) is 18.4 Å². The zero-order valence-corrected chi connectivity index (χ0v) is 9.61. The molecule has 0 radical (unpaired) electrons. The van der Waals surface area contributed by atoms with Gasteiger partial charge in [-0.3, -0.25) is 4.79 Å². The fourth-order valence-corrected chi connectivity index (χ4v) is 2.06. The minimum atomic E-state index is -0.0535. The van der Waals surface area contributed by atoms with Crippen LogP contribution in [0.3, 0.4) is 0 Å². The number of carbonyl (C=O) groups is 1. The Bertz CT molecular complexity index is 386. The van der Waals surface area contributed by atoms with E-state index in [-0.39, 0.29) is 11.8 Å². The van der Waals surface area contributed by atoms with Gasteiger partial charge in [0.05, 0.1) is 16.1 Å². The smallest absolute Gasteiger partial charge is 0.179 e. The minimum absolute atomic E-state index is 0.0535. The zero-order valence-electron chi connectivity index (χ0n) is 8.09. The molecule has 1 fully saturated rings. The van der Waals surface area contributed by atoms with Crippen LogP contribution in [0.25, 0.3) is 0 Å². The first-order chi connectivity index (χ1) is 7.18. The average molecular weight is 244 g/mol. The van der Waals surface area contributed by atoms with Crippen molar-refractivity contribution in [2.75, 3.05) is 6.54 Å². The predicted octanol–water partition coefficient (Wildman–Crippen LogP) is 2.93. The molecule has 1 aromatic carbocycles. The van der Waals surface area contributed by atoms with E-state index in [9.17, 15) is 4.79 Å². The second-order valence-electron chi connectivity index (χ2n) is 3.64. The van der Waals surface area contributed by atoms with Gasteiger partial charge >= 0.3 is 0 Å². The lowest BCUT2D eigenvalue weighted by Crippen LogP contribution is -2.30. The number of carbonyl (C=O) groups excluding carboxylic acids is 1. The summed E-state index contributed by atoms with van der Waals surface area (Å²) in [5.41, 5.74) is 0.629. The molecule has 0 aliphatic carbocycles. The molecule has 80 valence electrons. The Morgan fingerprint density at radius 3 is 2.73 bits per heavy atom. The van der Waals surface area contributed by atoms with Gasteiger partial charge in [0.2, 0.25) is 0 Å². The molecule has 2 rings (SSSR count). The first-order valence-electron chi connectivity index (χ1n) is 4.91. The highest BCUT2D eigenvalue weighted by molar-refractivity contribution is 6.42. The molecule has 0 aromatic heterocycles. The predicted molar refractivity (Wildman–Crippen MR) is 61.8 cm³/mol. The normalized spacial score (nSPS) is 20.5. The standard InChI is InChI=1S/C11H11Cl2NO/c12-8-4-3-7(6-9(8)13)11(15)10-2-1-5-14-10/h3-4,6,10,14H,1-2,5H2. The van der Waals surface area contributed by atoms with E-state index < -0.39 is 0 Å². The van der Waals surface area contributed by atoms with Gasteiger partial charge in [-0.25, -0.2) is 0 Å². The van der Waals surface area contributed by atoms with Gasteiger partial charge in [-0.1, -0.05) is 23.2 Å². The zero-order chi connectivity index (χ0) is 10.8. The summed E-state index contributed by atoms with van der Waals surface area (Å²) in [5.74, 6) is 0.103. The molecule has 1 aliphatic rings. The number of ketones is 1. The maximum atomic E-state index is 11.9. The second-order valence-corrected chi connectivity index (χ2v) is 4.46. The summed E-state index contributed by atoms with van der Waals surface area (Å²) in [6.45, 7) is 0.914. The lowest BCUT2D eigenvalue weighted by Gasteiger charge is -2.09. The van der Waals surface area contributed by atoms with Gasteiger partial charge in [-0.15, -0.1) is 0 Å². The lowest BCUT2D eigenvalue weighted by atomic mass is 10.0. The Balaban J connectivity index is 2.21. The van der Waals surface area contributed by atoms with Crippen molar-refractivity contribution in [3.8, 4) is 0 Å². The molecule has 4 heteroatoms. The number of Topliss-reactive ketones (excluding diaryl/α,β-unsaturated/α-hetero) is 1. The van der Waals surface area contributed by atoms with Crippen LogP contribution in [0.4, 0.5) is 0 Å². The summed E-state index contributed by atoms with van der Waals surface area (Å²) >= 11 is 11.6. The van der Waals surface area contributed by atoms with E-state index in [2.05, 4.69) is 5.32 Å².